The number of carbonyl (C=O) groups excluding carboxylic acids is 1. The Morgan fingerprint density at radius 3 is 2.50 bits per heavy atom. The first kappa shape index (κ1) is 14.4. The monoisotopic (exact) mass is 290 g/mol. The summed E-state index contributed by atoms with van der Waals surface area (Å²) in [5.74, 6) is 0.539. The second kappa shape index (κ2) is 6.96. The van der Waals surface area contributed by atoms with Crippen LogP contribution in [0.25, 0.3) is 0 Å². The van der Waals surface area contributed by atoms with E-state index in [-0.39, 0.29) is 0 Å². The zero-order valence-corrected chi connectivity index (χ0v) is 11.9. The minimum absolute atomic E-state index is 0.413. The van der Waals surface area contributed by atoms with Gasteiger partial charge in [0.1, 0.15) is 17.1 Å². The Bertz CT molecular complexity index is 579. The fraction of sp³-hybridized carbons (Fsp3) is 0.188. The summed E-state index contributed by atoms with van der Waals surface area (Å²) in [6.07, 6.45) is 0.876. The summed E-state index contributed by atoms with van der Waals surface area (Å²) in [5, 5.41) is 0.594. The highest BCUT2D eigenvalue weighted by Gasteiger charge is 2.14. The molecule has 0 radical (unpaired) electrons. The molecule has 0 saturated heterocycles. The third kappa shape index (κ3) is 3.75. The molecule has 2 aromatic carbocycles. The van der Waals surface area contributed by atoms with Crippen LogP contribution in [0, 0.1) is 0 Å². The predicted molar refractivity (Wildman–Crippen MR) is 78.6 cm³/mol. The number of carbonyl (C=O) groups is 1. The third-order valence-corrected chi connectivity index (χ3v) is 2.84. The van der Waals surface area contributed by atoms with E-state index in [4.69, 9.17) is 21.1 Å². The molecule has 104 valence electrons. The summed E-state index contributed by atoms with van der Waals surface area (Å²) >= 11 is 5.79. The molecule has 0 aliphatic heterocycles. The number of rotatable bonds is 5. The molecule has 3 nitrogen and oxygen atoms in total. The average Bonchev–Trinajstić information content (AvgIpc) is 2.47. The van der Waals surface area contributed by atoms with E-state index in [0.717, 1.165) is 6.42 Å². The first-order valence-electron chi connectivity index (χ1n) is 6.40. The van der Waals surface area contributed by atoms with Crippen molar-refractivity contribution in [1.82, 2.24) is 0 Å². The van der Waals surface area contributed by atoms with Crippen molar-refractivity contribution in [3.05, 3.63) is 59.1 Å². The standard InChI is InChI=1S/C16H15ClO3/c1-2-11-19-15-6-4-3-5-14(15)16(18)20-13-9-7-12(17)8-10-13/h3-10H,2,11H2,1H3. The van der Waals surface area contributed by atoms with Gasteiger partial charge in [0.2, 0.25) is 0 Å². The smallest absolute Gasteiger partial charge is 0.347 e. The van der Waals surface area contributed by atoms with E-state index < -0.39 is 5.97 Å². The predicted octanol–water partition coefficient (Wildman–Crippen LogP) is 4.35. The van der Waals surface area contributed by atoms with E-state index in [1.54, 1.807) is 42.5 Å². The van der Waals surface area contributed by atoms with Crippen LogP contribution in [0.3, 0.4) is 0 Å². The molecule has 2 rings (SSSR count). The first-order chi connectivity index (χ1) is 9.70. The molecule has 0 aliphatic rings. The molecular formula is C16H15ClO3. The zero-order chi connectivity index (χ0) is 14.4. The lowest BCUT2D eigenvalue weighted by atomic mass is 10.2. The summed E-state index contributed by atoms with van der Waals surface area (Å²) in [6.45, 7) is 2.57. The topological polar surface area (TPSA) is 35.5 Å². The molecule has 0 unspecified atom stereocenters. The van der Waals surface area contributed by atoms with Gasteiger partial charge in [0, 0.05) is 5.02 Å². The Kier molecular flexibility index (Phi) is 5.02. The van der Waals surface area contributed by atoms with Crippen LogP contribution in [0.4, 0.5) is 0 Å². The van der Waals surface area contributed by atoms with E-state index in [1.807, 2.05) is 13.0 Å². The minimum atomic E-state index is -0.445. The quantitative estimate of drug-likeness (QED) is 0.607. The molecule has 20 heavy (non-hydrogen) atoms. The molecule has 0 heterocycles. The molecule has 0 saturated carbocycles. The Labute approximate surface area is 123 Å². The second-order valence-electron chi connectivity index (χ2n) is 4.19. The van der Waals surface area contributed by atoms with Gasteiger partial charge in [0.25, 0.3) is 0 Å². The maximum atomic E-state index is 12.1. The van der Waals surface area contributed by atoms with Crippen LogP contribution in [0.1, 0.15) is 23.7 Å². The molecule has 0 aliphatic carbocycles. The number of hydrogen-bond donors (Lipinski definition) is 0. The lowest BCUT2D eigenvalue weighted by molar-refractivity contribution is 0.0730. The van der Waals surface area contributed by atoms with Gasteiger partial charge in [0.15, 0.2) is 0 Å². The number of esters is 1. The number of ether oxygens (including phenoxy) is 2. The van der Waals surface area contributed by atoms with Gasteiger partial charge in [-0.1, -0.05) is 30.7 Å². The number of para-hydroxylation sites is 1. The van der Waals surface area contributed by atoms with Gasteiger partial charge in [-0.3, -0.25) is 0 Å². The van der Waals surface area contributed by atoms with Crippen molar-refractivity contribution < 1.29 is 14.3 Å². The van der Waals surface area contributed by atoms with Gasteiger partial charge in [-0.15, -0.1) is 0 Å². The zero-order valence-electron chi connectivity index (χ0n) is 11.1. The highest BCUT2D eigenvalue weighted by molar-refractivity contribution is 6.30. The molecule has 2 aromatic rings. The maximum absolute atomic E-state index is 12.1. The van der Waals surface area contributed by atoms with Crippen LogP contribution in [-0.4, -0.2) is 12.6 Å². The van der Waals surface area contributed by atoms with Crippen molar-refractivity contribution in [3.8, 4) is 11.5 Å². The van der Waals surface area contributed by atoms with Crippen molar-refractivity contribution in [2.45, 2.75) is 13.3 Å². The summed E-state index contributed by atoms with van der Waals surface area (Å²) in [5.41, 5.74) is 0.413. The van der Waals surface area contributed by atoms with Crippen molar-refractivity contribution in [1.29, 1.82) is 0 Å². The van der Waals surface area contributed by atoms with E-state index in [9.17, 15) is 4.79 Å². The molecule has 0 amide bonds. The summed E-state index contributed by atoms with van der Waals surface area (Å²) < 4.78 is 10.8. The molecule has 4 heteroatoms. The second-order valence-corrected chi connectivity index (χ2v) is 4.62. The van der Waals surface area contributed by atoms with E-state index in [1.165, 1.54) is 0 Å². The molecule has 0 spiro atoms. The van der Waals surface area contributed by atoms with E-state index in [0.29, 0.717) is 28.7 Å². The summed E-state index contributed by atoms with van der Waals surface area (Å²) in [7, 11) is 0. The van der Waals surface area contributed by atoms with Crippen molar-refractivity contribution in [3.63, 3.8) is 0 Å². The van der Waals surface area contributed by atoms with Crippen molar-refractivity contribution in [2.75, 3.05) is 6.61 Å². The Morgan fingerprint density at radius 1 is 1.10 bits per heavy atom. The number of halogens is 1. The average molecular weight is 291 g/mol. The van der Waals surface area contributed by atoms with Crippen LogP contribution < -0.4 is 9.47 Å². The third-order valence-electron chi connectivity index (χ3n) is 2.59. The Balaban J connectivity index is 2.14. The molecule has 0 fully saturated rings. The number of hydrogen-bond acceptors (Lipinski definition) is 3. The molecule has 0 N–H and O–H groups in total. The lowest BCUT2D eigenvalue weighted by Crippen LogP contribution is -2.11. The maximum Gasteiger partial charge on any atom is 0.347 e. The molecule has 0 aromatic heterocycles. The van der Waals surface area contributed by atoms with Gasteiger partial charge in [-0.05, 0) is 42.8 Å². The van der Waals surface area contributed by atoms with Crippen LogP contribution in [-0.2, 0) is 0 Å². The highest BCUT2D eigenvalue weighted by atomic mass is 35.5. The fourth-order valence-electron chi connectivity index (χ4n) is 1.64. The van der Waals surface area contributed by atoms with Gasteiger partial charge in [-0.2, -0.15) is 0 Å². The normalized spacial score (nSPS) is 10.1. The van der Waals surface area contributed by atoms with Gasteiger partial charge >= 0.3 is 5.97 Å². The van der Waals surface area contributed by atoms with Crippen molar-refractivity contribution in [2.24, 2.45) is 0 Å². The van der Waals surface area contributed by atoms with Crippen molar-refractivity contribution >= 4 is 17.6 Å². The summed E-state index contributed by atoms with van der Waals surface area (Å²) in [6, 6.07) is 13.7. The van der Waals surface area contributed by atoms with Gasteiger partial charge in [0.05, 0.1) is 6.61 Å². The SMILES string of the molecule is CCCOc1ccccc1C(=O)Oc1ccc(Cl)cc1. The van der Waals surface area contributed by atoms with E-state index in [2.05, 4.69) is 0 Å². The van der Waals surface area contributed by atoms with Crippen LogP contribution in [0.2, 0.25) is 5.02 Å². The molecular weight excluding hydrogens is 276 g/mol. The largest absolute Gasteiger partial charge is 0.493 e. The molecule has 0 bridgehead atoms. The Morgan fingerprint density at radius 2 is 1.80 bits per heavy atom. The highest BCUT2D eigenvalue weighted by Crippen LogP contribution is 2.22. The fourth-order valence-corrected chi connectivity index (χ4v) is 1.76. The Hall–Kier alpha value is -2.00. The van der Waals surface area contributed by atoms with Crippen LogP contribution >= 0.6 is 11.6 Å². The minimum Gasteiger partial charge on any atom is -0.493 e. The number of benzene rings is 2. The van der Waals surface area contributed by atoms with Gasteiger partial charge < -0.3 is 9.47 Å². The van der Waals surface area contributed by atoms with Crippen LogP contribution in [0.5, 0.6) is 11.5 Å². The lowest BCUT2D eigenvalue weighted by Gasteiger charge is -2.10. The summed E-state index contributed by atoms with van der Waals surface area (Å²) in [4.78, 5) is 12.1. The molecule has 0 atom stereocenters. The van der Waals surface area contributed by atoms with Crippen LogP contribution in [0.15, 0.2) is 48.5 Å². The first-order valence-corrected chi connectivity index (χ1v) is 6.78. The van der Waals surface area contributed by atoms with Gasteiger partial charge in [-0.25, -0.2) is 4.79 Å². The van der Waals surface area contributed by atoms with E-state index >= 15 is 0 Å².